The van der Waals surface area contributed by atoms with Gasteiger partial charge in [0.25, 0.3) is 0 Å². The molecule has 0 aromatic heterocycles. The van der Waals surface area contributed by atoms with E-state index in [1.165, 1.54) is 0 Å². The molecule has 1 aliphatic rings. The summed E-state index contributed by atoms with van der Waals surface area (Å²) in [5.41, 5.74) is 0. The van der Waals surface area contributed by atoms with Crippen LogP contribution in [0.15, 0.2) is 0 Å². The molecule has 1 saturated heterocycles. The minimum absolute atomic E-state index is 0.216. The molecular weight excluding hydrogens is 202 g/mol. The van der Waals surface area contributed by atoms with Crippen LogP contribution in [0.1, 0.15) is 26.7 Å². The summed E-state index contributed by atoms with van der Waals surface area (Å²) in [6.45, 7) is 8.61. The van der Waals surface area contributed by atoms with Crippen LogP contribution in [0.5, 0.6) is 0 Å². The zero-order valence-electron chi connectivity index (χ0n) is 10.8. The fourth-order valence-corrected chi connectivity index (χ4v) is 2.31. The number of carbonyl (C=O) groups is 1. The van der Waals surface area contributed by atoms with Crippen molar-refractivity contribution >= 4 is 6.03 Å². The number of rotatable bonds is 4. The van der Waals surface area contributed by atoms with E-state index in [4.69, 9.17) is 0 Å². The van der Waals surface area contributed by atoms with Crippen LogP contribution in [0.3, 0.4) is 0 Å². The molecule has 0 atom stereocenters. The molecule has 4 heteroatoms. The molecule has 1 rings (SSSR count). The van der Waals surface area contributed by atoms with Gasteiger partial charge in [0.1, 0.15) is 0 Å². The lowest BCUT2D eigenvalue weighted by atomic mass is 9.97. The average molecular weight is 227 g/mol. The van der Waals surface area contributed by atoms with Crippen molar-refractivity contribution in [2.45, 2.75) is 26.7 Å². The normalized spacial score (nSPS) is 17.6. The van der Waals surface area contributed by atoms with Gasteiger partial charge >= 0.3 is 6.03 Å². The van der Waals surface area contributed by atoms with Crippen molar-refractivity contribution in [1.29, 1.82) is 0 Å². The number of hydrogen-bond donors (Lipinski definition) is 1. The summed E-state index contributed by atoms with van der Waals surface area (Å²) in [6, 6.07) is 0.216. The van der Waals surface area contributed by atoms with Crippen LogP contribution < -0.4 is 5.32 Å². The van der Waals surface area contributed by atoms with Gasteiger partial charge < -0.3 is 15.1 Å². The van der Waals surface area contributed by atoms with E-state index in [-0.39, 0.29) is 6.03 Å². The number of urea groups is 1. The Hall–Kier alpha value is -0.770. The predicted molar refractivity (Wildman–Crippen MR) is 66.5 cm³/mol. The Bertz CT molecular complexity index is 208. The van der Waals surface area contributed by atoms with E-state index >= 15 is 0 Å². The zero-order valence-corrected chi connectivity index (χ0v) is 10.8. The third-order valence-corrected chi connectivity index (χ3v) is 3.41. The maximum atomic E-state index is 12.1. The summed E-state index contributed by atoms with van der Waals surface area (Å²) in [5.74, 6) is 0.741. The van der Waals surface area contributed by atoms with E-state index < -0.39 is 0 Å². The number of nitrogens with one attached hydrogen (secondary N) is 1. The van der Waals surface area contributed by atoms with E-state index in [9.17, 15) is 4.79 Å². The van der Waals surface area contributed by atoms with Gasteiger partial charge in [-0.1, -0.05) is 0 Å². The van der Waals surface area contributed by atoms with Gasteiger partial charge in [-0.3, -0.25) is 0 Å². The SMILES string of the molecule is CCN(CC)C(=O)N1CCC(CNC)CC1. The number of piperidine rings is 1. The lowest BCUT2D eigenvalue weighted by Gasteiger charge is -2.35. The van der Waals surface area contributed by atoms with Crippen LogP contribution in [-0.4, -0.2) is 55.6 Å². The first-order valence-corrected chi connectivity index (χ1v) is 6.41. The van der Waals surface area contributed by atoms with Crippen molar-refractivity contribution in [3.8, 4) is 0 Å². The van der Waals surface area contributed by atoms with Crippen LogP contribution in [0.25, 0.3) is 0 Å². The molecule has 0 unspecified atom stereocenters. The van der Waals surface area contributed by atoms with Gasteiger partial charge in [0.05, 0.1) is 0 Å². The summed E-state index contributed by atoms with van der Waals surface area (Å²) in [4.78, 5) is 16.0. The second-order valence-electron chi connectivity index (χ2n) is 4.44. The number of carbonyl (C=O) groups excluding carboxylic acids is 1. The molecule has 0 bridgehead atoms. The molecule has 94 valence electrons. The van der Waals surface area contributed by atoms with Gasteiger partial charge in [0.15, 0.2) is 0 Å². The lowest BCUT2D eigenvalue weighted by Crippen LogP contribution is -2.47. The maximum absolute atomic E-state index is 12.1. The second kappa shape index (κ2) is 6.74. The van der Waals surface area contributed by atoms with Crippen LogP contribution in [0, 0.1) is 5.92 Å². The Kier molecular flexibility index (Phi) is 5.60. The Morgan fingerprint density at radius 3 is 2.31 bits per heavy atom. The van der Waals surface area contributed by atoms with Gasteiger partial charge in [-0.15, -0.1) is 0 Å². The number of amides is 2. The highest BCUT2D eigenvalue weighted by Gasteiger charge is 2.24. The van der Waals surface area contributed by atoms with E-state index in [1.807, 2.05) is 30.7 Å². The third kappa shape index (κ3) is 3.37. The van der Waals surface area contributed by atoms with E-state index in [2.05, 4.69) is 5.32 Å². The van der Waals surface area contributed by atoms with E-state index in [1.54, 1.807) is 0 Å². The van der Waals surface area contributed by atoms with Crippen molar-refractivity contribution in [3.63, 3.8) is 0 Å². The molecule has 0 radical (unpaired) electrons. The van der Waals surface area contributed by atoms with Gasteiger partial charge in [0.2, 0.25) is 0 Å². The molecule has 0 aliphatic carbocycles. The highest BCUT2D eigenvalue weighted by Crippen LogP contribution is 2.17. The Morgan fingerprint density at radius 2 is 1.88 bits per heavy atom. The topological polar surface area (TPSA) is 35.6 Å². The molecule has 0 aromatic rings. The summed E-state index contributed by atoms with van der Waals surface area (Å²) < 4.78 is 0. The maximum Gasteiger partial charge on any atom is 0.319 e. The molecular formula is C12H25N3O. The number of hydrogen-bond acceptors (Lipinski definition) is 2. The van der Waals surface area contributed by atoms with Gasteiger partial charge in [-0.25, -0.2) is 4.79 Å². The third-order valence-electron chi connectivity index (χ3n) is 3.41. The van der Waals surface area contributed by atoms with Gasteiger partial charge in [-0.05, 0) is 46.2 Å². The quantitative estimate of drug-likeness (QED) is 0.787. The summed E-state index contributed by atoms with van der Waals surface area (Å²) in [7, 11) is 1.99. The highest BCUT2D eigenvalue weighted by molar-refractivity contribution is 5.74. The summed E-state index contributed by atoms with van der Waals surface area (Å²) in [5, 5.41) is 3.21. The standard InChI is InChI=1S/C12H25N3O/c1-4-14(5-2)12(16)15-8-6-11(7-9-15)10-13-3/h11,13H,4-10H2,1-3H3. The van der Waals surface area contributed by atoms with Crippen LogP contribution in [-0.2, 0) is 0 Å². The first-order valence-electron chi connectivity index (χ1n) is 6.41. The zero-order chi connectivity index (χ0) is 12.0. The summed E-state index contributed by atoms with van der Waals surface area (Å²) >= 11 is 0. The van der Waals surface area contributed by atoms with Crippen LogP contribution in [0.2, 0.25) is 0 Å². The van der Waals surface area contributed by atoms with Crippen molar-refractivity contribution < 1.29 is 4.79 Å². The van der Waals surface area contributed by atoms with Gasteiger partial charge in [-0.2, -0.15) is 0 Å². The first kappa shape index (κ1) is 13.3. The molecule has 1 heterocycles. The van der Waals surface area contributed by atoms with Crippen molar-refractivity contribution in [2.24, 2.45) is 5.92 Å². The smallest absolute Gasteiger partial charge is 0.319 e. The molecule has 1 aliphatic heterocycles. The molecule has 4 nitrogen and oxygen atoms in total. The molecule has 0 aromatic carbocycles. The number of likely N-dealkylation sites (tertiary alicyclic amines) is 1. The minimum atomic E-state index is 0.216. The molecule has 0 saturated carbocycles. The molecule has 1 fully saturated rings. The van der Waals surface area contributed by atoms with Gasteiger partial charge in [0, 0.05) is 26.2 Å². The fourth-order valence-electron chi connectivity index (χ4n) is 2.31. The summed E-state index contributed by atoms with van der Waals surface area (Å²) in [6.07, 6.45) is 2.27. The van der Waals surface area contributed by atoms with Crippen LogP contribution in [0.4, 0.5) is 4.79 Å². The van der Waals surface area contributed by atoms with Crippen molar-refractivity contribution in [1.82, 2.24) is 15.1 Å². The van der Waals surface area contributed by atoms with E-state index in [0.29, 0.717) is 0 Å². The monoisotopic (exact) mass is 227 g/mol. The Balaban J connectivity index is 2.38. The second-order valence-corrected chi connectivity index (χ2v) is 4.44. The van der Waals surface area contributed by atoms with E-state index in [0.717, 1.165) is 51.5 Å². The minimum Gasteiger partial charge on any atom is -0.325 e. The van der Waals surface area contributed by atoms with Crippen LogP contribution >= 0.6 is 0 Å². The van der Waals surface area contributed by atoms with Crippen molar-refractivity contribution in [3.05, 3.63) is 0 Å². The predicted octanol–water partition coefficient (Wildman–Crippen LogP) is 1.38. The number of nitrogens with zero attached hydrogens (tertiary/aromatic N) is 2. The molecule has 0 spiro atoms. The Labute approximate surface area is 99.0 Å². The molecule has 1 N–H and O–H groups in total. The lowest BCUT2D eigenvalue weighted by molar-refractivity contribution is 0.136. The van der Waals surface area contributed by atoms with Crippen molar-refractivity contribution in [2.75, 3.05) is 39.8 Å². The molecule has 2 amide bonds. The average Bonchev–Trinajstić information content (AvgIpc) is 2.32. The molecule has 16 heavy (non-hydrogen) atoms. The first-order chi connectivity index (χ1) is 7.72. The largest absolute Gasteiger partial charge is 0.325 e. The Morgan fingerprint density at radius 1 is 1.31 bits per heavy atom. The highest BCUT2D eigenvalue weighted by atomic mass is 16.2. The fraction of sp³-hybridized carbons (Fsp3) is 0.917.